The molecule has 0 aliphatic heterocycles. The highest BCUT2D eigenvalue weighted by Crippen LogP contribution is 2.09. The van der Waals surface area contributed by atoms with Crippen LogP contribution in [-0.4, -0.2) is 13.0 Å². The summed E-state index contributed by atoms with van der Waals surface area (Å²) >= 11 is 0. The zero-order valence-electron chi connectivity index (χ0n) is 7.45. The Morgan fingerprint density at radius 3 is 2.46 bits per heavy atom. The molecule has 0 fully saturated rings. The third-order valence-electron chi connectivity index (χ3n) is 1.64. The van der Waals surface area contributed by atoms with Gasteiger partial charge in [-0.1, -0.05) is 12.1 Å². The quantitative estimate of drug-likeness (QED) is 0.680. The molecule has 0 saturated heterocycles. The van der Waals surface area contributed by atoms with Gasteiger partial charge < -0.3 is 11.1 Å². The molecule has 1 aromatic carbocycles. The van der Waals surface area contributed by atoms with Crippen LogP contribution in [0.2, 0.25) is 0 Å². The smallest absolute Gasteiger partial charge is 0.241 e. The van der Waals surface area contributed by atoms with E-state index in [0.717, 1.165) is 11.3 Å². The van der Waals surface area contributed by atoms with Crippen LogP contribution in [0.3, 0.4) is 0 Å². The van der Waals surface area contributed by atoms with E-state index in [2.05, 4.69) is 5.32 Å². The summed E-state index contributed by atoms with van der Waals surface area (Å²) in [4.78, 5) is 10.4. The summed E-state index contributed by atoms with van der Waals surface area (Å²) in [5.74, 6) is -0.433. The van der Waals surface area contributed by atoms with Crippen molar-refractivity contribution in [2.24, 2.45) is 5.73 Å². The van der Waals surface area contributed by atoms with Crippen molar-refractivity contribution in [1.29, 1.82) is 0 Å². The van der Waals surface area contributed by atoms with Crippen molar-refractivity contribution in [1.82, 2.24) is 0 Å². The van der Waals surface area contributed by atoms with Crippen molar-refractivity contribution in [3.05, 3.63) is 35.9 Å². The Hall–Kier alpha value is -1.77. The van der Waals surface area contributed by atoms with Gasteiger partial charge in [0.15, 0.2) is 0 Å². The molecule has 0 spiro atoms. The molecule has 0 aromatic heterocycles. The predicted octanol–water partition coefficient (Wildman–Crippen LogP) is 1.23. The maximum atomic E-state index is 10.4. The van der Waals surface area contributed by atoms with Crippen LogP contribution in [0.5, 0.6) is 0 Å². The molecule has 0 aliphatic carbocycles. The number of nitrogens with one attached hydrogen (secondary N) is 1. The first-order valence-corrected chi connectivity index (χ1v) is 3.97. The Labute approximate surface area is 77.3 Å². The number of hydrogen-bond acceptors (Lipinski definition) is 2. The summed E-state index contributed by atoms with van der Waals surface area (Å²) in [6.45, 7) is 0. The molecule has 0 saturated carbocycles. The zero-order chi connectivity index (χ0) is 9.68. The Morgan fingerprint density at radius 1 is 1.38 bits per heavy atom. The molecule has 0 bridgehead atoms. The van der Waals surface area contributed by atoms with Crippen LogP contribution in [0.15, 0.2) is 30.3 Å². The summed E-state index contributed by atoms with van der Waals surface area (Å²) in [5.41, 5.74) is 6.95. The van der Waals surface area contributed by atoms with Crippen LogP contribution in [0, 0.1) is 0 Å². The fourth-order valence-electron chi connectivity index (χ4n) is 0.939. The molecule has 0 radical (unpaired) electrons. The van der Waals surface area contributed by atoms with Gasteiger partial charge in [0.25, 0.3) is 0 Å². The van der Waals surface area contributed by atoms with E-state index in [4.69, 9.17) is 5.73 Å². The molecular formula is C10H12N2O. The molecule has 0 unspecified atom stereocenters. The number of anilines is 1. The average molecular weight is 176 g/mol. The lowest BCUT2D eigenvalue weighted by molar-refractivity contribution is -0.113. The van der Waals surface area contributed by atoms with Crippen molar-refractivity contribution in [3.63, 3.8) is 0 Å². The third kappa shape index (κ3) is 2.99. The van der Waals surface area contributed by atoms with Gasteiger partial charge in [-0.2, -0.15) is 0 Å². The predicted molar refractivity (Wildman–Crippen MR) is 54.2 cm³/mol. The van der Waals surface area contributed by atoms with Crippen LogP contribution in [0.1, 0.15) is 5.56 Å². The van der Waals surface area contributed by atoms with Gasteiger partial charge in [-0.3, -0.25) is 4.79 Å². The molecule has 1 aromatic rings. The highest BCUT2D eigenvalue weighted by atomic mass is 16.1. The minimum absolute atomic E-state index is 0.433. The Morgan fingerprint density at radius 2 is 2.00 bits per heavy atom. The van der Waals surface area contributed by atoms with Gasteiger partial charge in [0, 0.05) is 18.8 Å². The van der Waals surface area contributed by atoms with Gasteiger partial charge in [0.2, 0.25) is 5.91 Å². The number of carbonyl (C=O) groups excluding carboxylic acids is 1. The van der Waals surface area contributed by atoms with Crippen molar-refractivity contribution in [2.45, 2.75) is 0 Å². The largest absolute Gasteiger partial charge is 0.388 e. The number of primary amides is 1. The fraction of sp³-hybridized carbons (Fsp3) is 0.100. The number of amides is 1. The topological polar surface area (TPSA) is 55.1 Å². The van der Waals surface area contributed by atoms with Gasteiger partial charge in [0.05, 0.1) is 0 Å². The zero-order valence-corrected chi connectivity index (χ0v) is 7.45. The second kappa shape index (κ2) is 4.30. The van der Waals surface area contributed by atoms with E-state index in [0.29, 0.717) is 0 Å². The lowest BCUT2D eigenvalue weighted by Gasteiger charge is -1.98. The number of carbonyl (C=O) groups is 1. The number of hydrogen-bond donors (Lipinski definition) is 2. The molecule has 0 heterocycles. The summed E-state index contributed by atoms with van der Waals surface area (Å²) in [6.07, 6.45) is 3.02. The summed E-state index contributed by atoms with van der Waals surface area (Å²) < 4.78 is 0. The average Bonchev–Trinajstić information content (AvgIpc) is 2.15. The normalized spacial score (nSPS) is 10.2. The van der Waals surface area contributed by atoms with E-state index in [1.165, 1.54) is 6.08 Å². The SMILES string of the molecule is CNc1ccc(C=CC(N)=O)cc1. The lowest BCUT2D eigenvalue weighted by Crippen LogP contribution is -2.05. The lowest BCUT2D eigenvalue weighted by atomic mass is 10.2. The third-order valence-corrected chi connectivity index (χ3v) is 1.64. The van der Waals surface area contributed by atoms with Crippen LogP contribution in [-0.2, 0) is 4.79 Å². The van der Waals surface area contributed by atoms with Crippen molar-refractivity contribution >= 4 is 17.7 Å². The maximum absolute atomic E-state index is 10.4. The van der Waals surface area contributed by atoms with E-state index >= 15 is 0 Å². The van der Waals surface area contributed by atoms with Crippen LogP contribution in [0.25, 0.3) is 6.08 Å². The van der Waals surface area contributed by atoms with Gasteiger partial charge >= 0.3 is 0 Å². The van der Waals surface area contributed by atoms with E-state index in [1.807, 2.05) is 31.3 Å². The molecule has 3 nitrogen and oxygen atoms in total. The molecule has 3 N–H and O–H groups in total. The number of nitrogens with two attached hydrogens (primary N) is 1. The van der Waals surface area contributed by atoms with Crippen LogP contribution < -0.4 is 11.1 Å². The molecule has 1 amide bonds. The van der Waals surface area contributed by atoms with Crippen LogP contribution >= 0.6 is 0 Å². The van der Waals surface area contributed by atoms with E-state index in [9.17, 15) is 4.79 Å². The van der Waals surface area contributed by atoms with Crippen molar-refractivity contribution in [2.75, 3.05) is 12.4 Å². The monoisotopic (exact) mass is 176 g/mol. The van der Waals surface area contributed by atoms with Gasteiger partial charge in [0.1, 0.15) is 0 Å². The molecular weight excluding hydrogens is 164 g/mol. The maximum Gasteiger partial charge on any atom is 0.241 e. The summed E-state index contributed by atoms with van der Waals surface area (Å²) in [7, 11) is 1.86. The van der Waals surface area contributed by atoms with E-state index < -0.39 is 5.91 Å². The fourth-order valence-corrected chi connectivity index (χ4v) is 0.939. The Bertz CT molecular complexity index is 314. The minimum Gasteiger partial charge on any atom is -0.388 e. The second-order valence-electron chi connectivity index (χ2n) is 2.61. The Kier molecular flexibility index (Phi) is 3.09. The summed E-state index contributed by atoms with van der Waals surface area (Å²) in [6, 6.07) is 7.68. The number of benzene rings is 1. The first-order chi connectivity index (χ1) is 6.22. The minimum atomic E-state index is -0.433. The Balaban J connectivity index is 2.75. The highest BCUT2D eigenvalue weighted by Gasteiger charge is 1.89. The standard InChI is InChI=1S/C10H12N2O/c1-12-9-5-2-8(3-6-9)4-7-10(11)13/h2-7,12H,1H3,(H2,11,13). The molecule has 13 heavy (non-hydrogen) atoms. The molecule has 68 valence electrons. The van der Waals surface area contributed by atoms with Gasteiger partial charge in [-0.25, -0.2) is 0 Å². The first kappa shape index (κ1) is 9.32. The first-order valence-electron chi connectivity index (χ1n) is 3.97. The molecule has 0 atom stereocenters. The molecule has 3 heteroatoms. The second-order valence-corrected chi connectivity index (χ2v) is 2.61. The highest BCUT2D eigenvalue weighted by molar-refractivity contribution is 5.90. The summed E-state index contributed by atoms with van der Waals surface area (Å²) in [5, 5.41) is 3.00. The molecule has 0 aliphatic rings. The molecule has 1 rings (SSSR count). The van der Waals surface area contributed by atoms with Crippen LogP contribution in [0.4, 0.5) is 5.69 Å². The van der Waals surface area contributed by atoms with E-state index in [-0.39, 0.29) is 0 Å². The van der Waals surface area contributed by atoms with Crippen molar-refractivity contribution < 1.29 is 4.79 Å². The van der Waals surface area contributed by atoms with Gasteiger partial charge in [-0.15, -0.1) is 0 Å². The van der Waals surface area contributed by atoms with E-state index in [1.54, 1.807) is 6.08 Å². The van der Waals surface area contributed by atoms with Crippen molar-refractivity contribution in [3.8, 4) is 0 Å². The van der Waals surface area contributed by atoms with Gasteiger partial charge in [-0.05, 0) is 23.8 Å². The number of rotatable bonds is 3.